The van der Waals surface area contributed by atoms with Crippen molar-refractivity contribution < 1.29 is 5.11 Å². The highest BCUT2D eigenvalue weighted by Crippen LogP contribution is 2.16. The minimum Gasteiger partial charge on any atom is -0.396 e. The SMILES string of the molecule is C#CCn1ncc(NCC(C)CO)c(Br)c1=O. The van der Waals surface area contributed by atoms with E-state index in [2.05, 4.69) is 32.3 Å². The molecule has 0 amide bonds. The molecule has 0 fully saturated rings. The number of nitrogens with one attached hydrogen (secondary N) is 1. The molecule has 6 heteroatoms. The third-order valence-electron chi connectivity index (χ3n) is 2.18. The van der Waals surface area contributed by atoms with Crippen LogP contribution in [0.15, 0.2) is 15.5 Å². The average Bonchev–Trinajstić information content (AvgIpc) is 2.34. The molecule has 1 rings (SSSR count). The van der Waals surface area contributed by atoms with Gasteiger partial charge in [-0.1, -0.05) is 12.8 Å². The topological polar surface area (TPSA) is 67.2 Å². The molecule has 1 heterocycles. The number of aliphatic hydroxyl groups excluding tert-OH is 1. The van der Waals surface area contributed by atoms with Crippen molar-refractivity contribution in [1.82, 2.24) is 9.78 Å². The molecule has 1 unspecified atom stereocenters. The van der Waals surface area contributed by atoms with Crippen molar-refractivity contribution in [2.45, 2.75) is 13.5 Å². The first kappa shape index (κ1) is 13.7. The summed E-state index contributed by atoms with van der Waals surface area (Å²) in [5, 5.41) is 15.9. The molecule has 0 saturated heterocycles. The summed E-state index contributed by atoms with van der Waals surface area (Å²) < 4.78 is 1.60. The van der Waals surface area contributed by atoms with Crippen molar-refractivity contribution >= 4 is 21.6 Å². The van der Waals surface area contributed by atoms with E-state index in [1.807, 2.05) is 6.92 Å². The Hall–Kier alpha value is -1.32. The molecule has 0 saturated carbocycles. The molecular weight excluding hydrogens is 286 g/mol. The van der Waals surface area contributed by atoms with Gasteiger partial charge in [-0.15, -0.1) is 6.42 Å². The second-order valence-corrected chi connectivity index (χ2v) is 4.50. The minimum atomic E-state index is -0.274. The molecule has 0 aliphatic rings. The quantitative estimate of drug-likeness (QED) is 0.785. The molecule has 0 radical (unpaired) electrons. The smallest absolute Gasteiger partial charge is 0.284 e. The van der Waals surface area contributed by atoms with Crippen LogP contribution in [0.2, 0.25) is 0 Å². The van der Waals surface area contributed by atoms with Gasteiger partial charge < -0.3 is 10.4 Å². The van der Waals surface area contributed by atoms with E-state index in [9.17, 15) is 4.79 Å². The van der Waals surface area contributed by atoms with Crippen molar-refractivity contribution in [3.05, 3.63) is 21.0 Å². The zero-order chi connectivity index (χ0) is 12.8. The number of anilines is 1. The Kier molecular flexibility index (Phi) is 5.19. The zero-order valence-corrected chi connectivity index (χ0v) is 11.1. The highest BCUT2D eigenvalue weighted by molar-refractivity contribution is 9.10. The Bertz CT molecular complexity index is 479. The van der Waals surface area contributed by atoms with Crippen LogP contribution >= 0.6 is 15.9 Å². The fraction of sp³-hybridized carbons (Fsp3) is 0.455. The summed E-state index contributed by atoms with van der Waals surface area (Å²) in [6, 6.07) is 0. The summed E-state index contributed by atoms with van der Waals surface area (Å²) >= 11 is 3.21. The van der Waals surface area contributed by atoms with E-state index < -0.39 is 0 Å². The van der Waals surface area contributed by atoms with Crippen molar-refractivity contribution in [3.63, 3.8) is 0 Å². The first-order valence-electron chi connectivity index (χ1n) is 5.14. The molecule has 0 aliphatic carbocycles. The Morgan fingerprint density at radius 1 is 1.76 bits per heavy atom. The van der Waals surface area contributed by atoms with Gasteiger partial charge in [0.05, 0.1) is 11.9 Å². The largest absolute Gasteiger partial charge is 0.396 e. The van der Waals surface area contributed by atoms with Crippen molar-refractivity contribution in [3.8, 4) is 12.3 Å². The van der Waals surface area contributed by atoms with Crippen LogP contribution in [-0.2, 0) is 6.54 Å². The van der Waals surface area contributed by atoms with E-state index in [1.165, 1.54) is 10.9 Å². The van der Waals surface area contributed by atoms with Crippen LogP contribution < -0.4 is 10.9 Å². The predicted molar refractivity (Wildman–Crippen MR) is 69.8 cm³/mol. The van der Waals surface area contributed by atoms with Gasteiger partial charge in [0.2, 0.25) is 0 Å². The standard InChI is InChI=1S/C11H14BrN3O2/c1-3-4-15-11(17)10(12)9(6-14-15)13-5-8(2)7-16/h1,6,8,13,16H,4-5,7H2,2H3. The number of aromatic nitrogens is 2. The van der Waals surface area contributed by atoms with Crippen LogP contribution in [0.25, 0.3) is 0 Å². The van der Waals surface area contributed by atoms with Gasteiger partial charge >= 0.3 is 0 Å². The highest BCUT2D eigenvalue weighted by atomic mass is 79.9. The third-order valence-corrected chi connectivity index (χ3v) is 2.94. The number of hydrogen-bond acceptors (Lipinski definition) is 4. The lowest BCUT2D eigenvalue weighted by molar-refractivity contribution is 0.244. The van der Waals surface area contributed by atoms with Crippen molar-refractivity contribution in [2.75, 3.05) is 18.5 Å². The highest BCUT2D eigenvalue weighted by Gasteiger charge is 2.08. The van der Waals surface area contributed by atoms with Gasteiger partial charge in [0, 0.05) is 13.2 Å². The second-order valence-electron chi connectivity index (χ2n) is 3.71. The normalized spacial score (nSPS) is 11.9. The monoisotopic (exact) mass is 299 g/mol. The molecule has 0 aliphatic heterocycles. The van der Waals surface area contributed by atoms with Gasteiger partial charge in [0.25, 0.3) is 5.56 Å². The predicted octanol–water partition coefficient (Wildman–Crippen LogP) is 0.679. The molecule has 0 bridgehead atoms. The van der Waals surface area contributed by atoms with E-state index in [0.717, 1.165) is 0 Å². The summed E-state index contributed by atoms with van der Waals surface area (Å²) in [4.78, 5) is 11.8. The van der Waals surface area contributed by atoms with Gasteiger partial charge in [-0.3, -0.25) is 4.79 Å². The summed E-state index contributed by atoms with van der Waals surface area (Å²) in [5.74, 6) is 2.46. The summed E-state index contributed by atoms with van der Waals surface area (Å²) in [6.45, 7) is 2.69. The first-order valence-corrected chi connectivity index (χ1v) is 5.93. The maximum atomic E-state index is 11.8. The molecule has 92 valence electrons. The van der Waals surface area contributed by atoms with E-state index in [0.29, 0.717) is 16.7 Å². The molecule has 0 aromatic carbocycles. The Morgan fingerprint density at radius 3 is 3.06 bits per heavy atom. The fourth-order valence-corrected chi connectivity index (χ4v) is 1.58. The minimum absolute atomic E-state index is 0.0895. The Labute approximate surface area is 108 Å². The summed E-state index contributed by atoms with van der Waals surface area (Å²) in [6.07, 6.45) is 6.66. The average molecular weight is 300 g/mol. The second kappa shape index (κ2) is 6.42. The van der Waals surface area contributed by atoms with E-state index in [1.54, 1.807) is 0 Å². The maximum Gasteiger partial charge on any atom is 0.284 e. The Balaban J connectivity index is 2.86. The van der Waals surface area contributed by atoms with Crippen LogP contribution in [0.5, 0.6) is 0 Å². The molecule has 1 atom stereocenters. The molecule has 17 heavy (non-hydrogen) atoms. The van der Waals surface area contributed by atoms with Crippen LogP contribution in [-0.4, -0.2) is 28.0 Å². The first-order chi connectivity index (χ1) is 8.10. The lowest BCUT2D eigenvalue weighted by atomic mass is 10.2. The molecule has 1 aromatic rings. The third kappa shape index (κ3) is 3.58. The van der Waals surface area contributed by atoms with Crippen LogP contribution in [0.3, 0.4) is 0 Å². The zero-order valence-electron chi connectivity index (χ0n) is 9.48. The molecule has 2 N–H and O–H groups in total. The Morgan fingerprint density at radius 2 is 2.47 bits per heavy atom. The number of rotatable bonds is 5. The molecule has 5 nitrogen and oxygen atoms in total. The fourth-order valence-electron chi connectivity index (χ4n) is 1.14. The number of hydrogen-bond donors (Lipinski definition) is 2. The lowest BCUT2D eigenvalue weighted by Gasteiger charge is -2.12. The van der Waals surface area contributed by atoms with Crippen molar-refractivity contribution in [1.29, 1.82) is 0 Å². The molecular formula is C11H14BrN3O2. The van der Waals surface area contributed by atoms with Crippen molar-refractivity contribution in [2.24, 2.45) is 5.92 Å². The van der Waals surface area contributed by atoms with Gasteiger partial charge in [-0.2, -0.15) is 5.10 Å². The van der Waals surface area contributed by atoms with E-state index in [-0.39, 0.29) is 24.6 Å². The molecule has 0 spiro atoms. The van der Waals surface area contributed by atoms with Gasteiger partial charge in [-0.25, -0.2) is 4.68 Å². The number of nitrogens with zero attached hydrogens (tertiary/aromatic N) is 2. The lowest BCUT2D eigenvalue weighted by Crippen LogP contribution is -2.25. The number of halogens is 1. The van der Waals surface area contributed by atoms with Crippen LogP contribution in [0, 0.1) is 18.3 Å². The number of terminal acetylenes is 1. The van der Waals surface area contributed by atoms with Crippen LogP contribution in [0.4, 0.5) is 5.69 Å². The van der Waals surface area contributed by atoms with Gasteiger partial charge in [-0.05, 0) is 21.8 Å². The van der Waals surface area contributed by atoms with E-state index in [4.69, 9.17) is 11.5 Å². The van der Waals surface area contributed by atoms with Crippen LogP contribution in [0.1, 0.15) is 6.92 Å². The summed E-state index contributed by atoms with van der Waals surface area (Å²) in [5.41, 5.74) is 0.327. The maximum absolute atomic E-state index is 11.8. The number of aliphatic hydroxyl groups is 1. The van der Waals surface area contributed by atoms with Gasteiger partial charge in [0.15, 0.2) is 0 Å². The van der Waals surface area contributed by atoms with E-state index >= 15 is 0 Å². The molecule has 1 aromatic heterocycles. The van der Waals surface area contributed by atoms with Gasteiger partial charge in [0.1, 0.15) is 11.0 Å². The summed E-state index contributed by atoms with van der Waals surface area (Å²) in [7, 11) is 0.